The molecule has 0 fully saturated rings. The molecule has 0 heterocycles. The molecule has 0 spiro atoms. The molecule has 1 unspecified atom stereocenters. The van der Waals surface area contributed by atoms with Crippen LogP contribution in [0.5, 0.6) is 0 Å². The minimum Gasteiger partial charge on any atom is -0.0985 e. The minimum absolute atomic E-state index is 0.615. The van der Waals surface area contributed by atoms with Gasteiger partial charge in [-0.15, -0.1) is 0 Å². The number of benzene rings is 1. The molecule has 1 aliphatic rings. The van der Waals surface area contributed by atoms with Crippen molar-refractivity contribution in [2.75, 3.05) is 0 Å². The molecule has 0 saturated carbocycles. The van der Waals surface area contributed by atoms with Crippen molar-refractivity contribution in [1.29, 1.82) is 0 Å². The normalized spacial score (nSPS) is 17.7. The zero-order valence-electron chi connectivity index (χ0n) is 13.9. The van der Waals surface area contributed by atoms with E-state index < -0.39 is 0 Å². The fourth-order valence-electron chi connectivity index (χ4n) is 2.84. The van der Waals surface area contributed by atoms with Gasteiger partial charge in [-0.2, -0.15) is 0 Å². The zero-order valence-corrected chi connectivity index (χ0v) is 13.9. The molecule has 0 bridgehead atoms. The van der Waals surface area contributed by atoms with E-state index in [0.29, 0.717) is 5.92 Å². The van der Waals surface area contributed by atoms with E-state index in [1.54, 1.807) is 6.08 Å². The molecule has 1 atom stereocenters. The summed E-state index contributed by atoms with van der Waals surface area (Å²) in [6.45, 7) is 16.2. The molecule has 0 nitrogen and oxygen atoms in total. The van der Waals surface area contributed by atoms with E-state index in [2.05, 4.69) is 62.8 Å². The third-order valence-corrected chi connectivity index (χ3v) is 4.35. The van der Waals surface area contributed by atoms with Gasteiger partial charge in [0.05, 0.1) is 0 Å². The number of hydrogen-bond acceptors (Lipinski definition) is 0. The number of hydrogen-bond donors (Lipinski definition) is 0. The Hall–Kier alpha value is -2.34. The summed E-state index contributed by atoms with van der Waals surface area (Å²) in [5.41, 5.74) is 4.96. The maximum atomic E-state index is 4.26. The monoisotopic (exact) mass is 302 g/mol. The smallest absolute Gasteiger partial charge is 0.0106 e. The van der Waals surface area contributed by atoms with Crippen molar-refractivity contribution in [2.24, 2.45) is 5.92 Å². The summed E-state index contributed by atoms with van der Waals surface area (Å²) in [5, 5.41) is 0. The molecule has 1 aliphatic carbocycles. The Morgan fingerprint density at radius 3 is 2.52 bits per heavy atom. The van der Waals surface area contributed by atoms with Crippen LogP contribution in [0.1, 0.15) is 36.8 Å². The van der Waals surface area contributed by atoms with Crippen molar-refractivity contribution in [2.45, 2.75) is 25.7 Å². The molecule has 0 amide bonds. The summed E-state index contributed by atoms with van der Waals surface area (Å²) in [7, 11) is 0. The molecule has 118 valence electrons. The largest absolute Gasteiger partial charge is 0.0985 e. The van der Waals surface area contributed by atoms with Gasteiger partial charge < -0.3 is 0 Å². The first-order chi connectivity index (χ1) is 11.1. The lowest BCUT2D eigenvalue weighted by molar-refractivity contribution is 0.587. The second kappa shape index (κ2) is 8.33. The van der Waals surface area contributed by atoms with Crippen molar-refractivity contribution in [1.82, 2.24) is 0 Å². The highest BCUT2D eigenvalue weighted by Crippen LogP contribution is 2.29. The van der Waals surface area contributed by atoms with Gasteiger partial charge in [-0.1, -0.05) is 81.0 Å². The zero-order chi connectivity index (χ0) is 16.7. The Labute approximate surface area is 140 Å². The van der Waals surface area contributed by atoms with Crippen LogP contribution in [0.15, 0.2) is 86.5 Å². The van der Waals surface area contributed by atoms with Gasteiger partial charge in [0, 0.05) is 0 Å². The standard InChI is InChI=1S/C23H26/c1-5-18(2)20(4)23-15-11-10-14-22(23)19(3)16-17-21-12-8-6-7-9-13-21/h5-6,8,10-11,14-17,21H,1-4,7,9,12-13H2/b17-16-. The van der Waals surface area contributed by atoms with Crippen molar-refractivity contribution < 1.29 is 0 Å². The fourth-order valence-corrected chi connectivity index (χ4v) is 2.84. The lowest BCUT2D eigenvalue weighted by Crippen LogP contribution is -1.95. The Morgan fingerprint density at radius 1 is 1.04 bits per heavy atom. The first-order valence-corrected chi connectivity index (χ1v) is 8.26. The Bertz CT molecular complexity index is 667. The molecule has 0 aromatic heterocycles. The molecule has 1 aromatic carbocycles. The maximum Gasteiger partial charge on any atom is -0.0106 e. The number of rotatable bonds is 6. The summed E-state index contributed by atoms with van der Waals surface area (Å²) < 4.78 is 0. The molecule has 0 radical (unpaired) electrons. The lowest BCUT2D eigenvalue weighted by atomic mass is 9.91. The topological polar surface area (TPSA) is 0 Å². The number of allylic oxidation sites excluding steroid dienone is 8. The second-order valence-electron chi connectivity index (χ2n) is 6.04. The highest BCUT2D eigenvalue weighted by atomic mass is 14.1. The van der Waals surface area contributed by atoms with Crippen molar-refractivity contribution in [3.05, 3.63) is 97.7 Å². The third-order valence-electron chi connectivity index (χ3n) is 4.35. The van der Waals surface area contributed by atoms with Crippen LogP contribution in [0.4, 0.5) is 0 Å². The van der Waals surface area contributed by atoms with Gasteiger partial charge >= 0.3 is 0 Å². The Balaban J connectivity index is 2.19. The van der Waals surface area contributed by atoms with E-state index in [-0.39, 0.29) is 0 Å². The minimum atomic E-state index is 0.615. The van der Waals surface area contributed by atoms with E-state index in [9.17, 15) is 0 Å². The van der Waals surface area contributed by atoms with E-state index in [4.69, 9.17) is 0 Å². The Kier molecular flexibility index (Phi) is 6.17. The SMILES string of the molecule is C=CC(=C)C(=C)c1ccccc1C(=C)/C=C\C1CC=CCCC1. The summed E-state index contributed by atoms with van der Waals surface area (Å²) >= 11 is 0. The van der Waals surface area contributed by atoms with Crippen LogP contribution in [0.2, 0.25) is 0 Å². The van der Waals surface area contributed by atoms with Gasteiger partial charge in [0.25, 0.3) is 0 Å². The van der Waals surface area contributed by atoms with E-state index >= 15 is 0 Å². The average molecular weight is 302 g/mol. The quantitative estimate of drug-likeness (QED) is 0.402. The highest BCUT2D eigenvalue weighted by Gasteiger charge is 2.09. The first-order valence-electron chi connectivity index (χ1n) is 8.26. The van der Waals surface area contributed by atoms with Crippen LogP contribution in [-0.4, -0.2) is 0 Å². The summed E-state index contributed by atoms with van der Waals surface area (Å²) in [5.74, 6) is 0.615. The van der Waals surface area contributed by atoms with E-state index in [0.717, 1.165) is 34.3 Å². The Morgan fingerprint density at radius 2 is 1.78 bits per heavy atom. The van der Waals surface area contributed by atoms with Crippen LogP contribution in [0.3, 0.4) is 0 Å². The molecule has 0 saturated heterocycles. The first kappa shape index (κ1) is 17.0. The summed E-state index contributed by atoms with van der Waals surface area (Å²) in [6.07, 6.45) is 15.7. The maximum absolute atomic E-state index is 4.26. The molecule has 0 aliphatic heterocycles. The molecule has 1 aromatic rings. The molecule has 2 rings (SSSR count). The predicted molar refractivity (Wildman–Crippen MR) is 104 cm³/mol. The van der Waals surface area contributed by atoms with Crippen LogP contribution in [0, 0.1) is 5.92 Å². The highest BCUT2D eigenvalue weighted by molar-refractivity contribution is 5.88. The summed E-state index contributed by atoms with van der Waals surface area (Å²) in [6, 6.07) is 8.22. The molecule has 0 heteroatoms. The van der Waals surface area contributed by atoms with Crippen LogP contribution < -0.4 is 0 Å². The van der Waals surface area contributed by atoms with Crippen LogP contribution in [0.25, 0.3) is 11.1 Å². The lowest BCUT2D eigenvalue weighted by Gasteiger charge is -2.13. The van der Waals surface area contributed by atoms with Crippen molar-refractivity contribution in [3.8, 4) is 0 Å². The van der Waals surface area contributed by atoms with Crippen LogP contribution in [-0.2, 0) is 0 Å². The summed E-state index contributed by atoms with van der Waals surface area (Å²) in [4.78, 5) is 0. The van der Waals surface area contributed by atoms with Gasteiger partial charge in [0.1, 0.15) is 0 Å². The van der Waals surface area contributed by atoms with Gasteiger partial charge in [-0.25, -0.2) is 0 Å². The van der Waals surface area contributed by atoms with Crippen LogP contribution >= 0.6 is 0 Å². The molecular weight excluding hydrogens is 276 g/mol. The van der Waals surface area contributed by atoms with E-state index in [1.165, 1.54) is 19.3 Å². The second-order valence-corrected chi connectivity index (χ2v) is 6.04. The molecule has 0 N–H and O–H groups in total. The van der Waals surface area contributed by atoms with Crippen molar-refractivity contribution in [3.63, 3.8) is 0 Å². The molecular formula is C23H26. The van der Waals surface area contributed by atoms with E-state index in [1.807, 2.05) is 12.1 Å². The van der Waals surface area contributed by atoms with Gasteiger partial charge in [-0.05, 0) is 59.4 Å². The molecule has 23 heavy (non-hydrogen) atoms. The fraction of sp³-hybridized carbons (Fsp3) is 0.217. The predicted octanol–water partition coefficient (Wildman–Crippen LogP) is 6.76. The van der Waals surface area contributed by atoms with Crippen molar-refractivity contribution >= 4 is 11.1 Å². The van der Waals surface area contributed by atoms with Gasteiger partial charge in [0.2, 0.25) is 0 Å². The van der Waals surface area contributed by atoms with Gasteiger partial charge in [-0.3, -0.25) is 0 Å². The van der Waals surface area contributed by atoms with Gasteiger partial charge in [0.15, 0.2) is 0 Å². The third kappa shape index (κ3) is 4.56. The average Bonchev–Trinajstić information content (AvgIpc) is 2.87.